The zero-order chi connectivity index (χ0) is 14.0. The Morgan fingerprint density at radius 1 is 1.20 bits per heavy atom. The molecule has 2 heterocycles. The van der Waals surface area contributed by atoms with E-state index in [1.807, 2.05) is 12.1 Å². The minimum atomic E-state index is -0.918. The molecular formula is C16H19NO3. The van der Waals surface area contributed by atoms with Crippen LogP contribution >= 0.6 is 0 Å². The summed E-state index contributed by atoms with van der Waals surface area (Å²) in [4.78, 5) is 12.9. The third kappa shape index (κ3) is 2.70. The molecule has 4 heteroatoms. The molecule has 20 heavy (non-hydrogen) atoms. The second kappa shape index (κ2) is 5.29. The molecule has 0 aliphatic carbocycles. The fourth-order valence-electron chi connectivity index (χ4n) is 3.03. The molecule has 0 radical (unpaired) electrons. The highest BCUT2D eigenvalue weighted by atomic mass is 16.5. The van der Waals surface area contributed by atoms with Gasteiger partial charge in [-0.2, -0.15) is 0 Å². The number of rotatable bonds is 3. The first-order valence-corrected chi connectivity index (χ1v) is 7.01. The highest BCUT2D eigenvalue weighted by Crippen LogP contribution is 2.41. The van der Waals surface area contributed by atoms with Gasteiger partial charge in [0, 0.05) is 43.5 Å². The van der Waals surface area contributed by atoms with Gasteiger partial charge in [-0.15, -0.1) is 0 Å². The van der Waals surface area contributed by atoms with Gasteiger partial charge < -0.3 is 14.7 Å². The molecule has 1 N–H and O–H groups in total. The molecule has 0 atom stereocenters. The minimum absolute atomic E-state index is 0.472. The maximum Gasteiger partial charge on any atom is 0.328 e. The number of carboxylic acid groups (broad SMARTS) is 1. The molecule has 1 aromatic carbocycles. The Hall–Kier alpha value is -1.81. The maximum absolute atomic E-state index is 10.5. The molecule has 106 valence electrons. The molecule has 2 aliphatic rings. The average Bonchev–Trinajstić information content (AvgIpc) is 2.44. The molecule has 0 unspecified atom stereocenters. The van der Waals surface area contributed by atoms with E-state index in [1.165, 1.54) is 18.5 Å². The first kappa shape index (κ1) is 13.2. The van der Waals surface area contributed by atoms with Gasteiger partial charge in [-0.3, -0.25) is 0 Å². The highest BCUT2D eigenvalue weighted by Gasteiger charge is 2.43. The van der Waals surface area contributed by atoms with E-state index in [9.17, 15) is 4.79 Å². The lowest BCUT2D eigenvalue weighted by atomic mass is 9.73. The van der Waals surface area contributed by atoms with E-state index < -0.39 is 5.97 Å². The first-order valence-electron chi connectivity index (χ1n) is 7.01. The van der Waals surface area contributed by atoms with Crippen molar-refractivity contribution in [1.29, 1.82) is 0 Å². The SMILES string of the molecule is O=C(O)/C=C/c1ccc(N2CC3(CCOCC3)C2)cc1. The summed E-state index contributed by atoms with van der Waals surface area (Å²) in [6, 6.07) is 8.05. The summed E-state index contributed by atoms with van der Waals surface area (Å²) in [5, 5.41) is 8.60. The topological polar surface area (TPSA) is 49.8 Å². The van der Waals surface area contributed by atoms with Crippen molar-refractivity contribution in [2.75, 3.05) is 31.2 Å². The Labute approximate surface area is 118 Å². The predicted octanol–water partition coefficient (Wildman–Crippen LogP) is 2.40. The van der Waals surface area contributed by atoms with Gasteiger partial charge in [0.25, 0.3) is 0 Å². The fraction of sp³-hybridized carbons (Fsp3) is 0.438. The standard InChI is InChI=1S/C16H19NO3/c18-15(19)6-3-13-1-4-14(5-2-13)17-11-16(12-17)7-9-20-10-8-16/h1-6H,7-12H2,(H,18,19)/b6-3+. The lowest BCUT2D eigenvalue weighted by Crippen LogP contribution is -2.58. The van der Waals surface area contributed by atoms with Crippen molar-refractivity contribution >= 4 is 17.7 Å². The van der Waals surface area contributed by atoms with Crippen molar-refractivity contribution in [3.63, 3.8) is 0 Å². The van der Waals surface area contributed by atoms with Crippen molar-refractivity contribution in [3.05, 3.63) is 35.9 Å². The lowest BCUT2D eigenvalue weighted by molar-refractivity contribution is -0.131. The Kier molecular flexibility index (Phi) is 3.49. The molecule has 1 aromatic rings. The van der Waals surface area contributed by atoms with Crippen molar-refractivity contribution < 1.29 is 14.6 Å². The van der Waals surface area contributed by atoms with Gasteiger partial charge in [0.1, 0.15) is 0 Å². The van der Waals surface area contributed by atoms with Crippen LogP contribution in [0.3, 0.4) is 0 Å². The molecule has 4 nitrogen and oxygen atoms in total. The number of aliphatic carboxylic acids is 1. The lowest BCUT2D eigenvalue weighted by Gasteiger charge is -2.53. The zero-order valence-electron chi connectivity index (χ0n) is 11.4. The minimum Gasteiger partial charge on any atom is -0.478 e. The van der Waals surface area contributed by atoms with Crippen LogP contribution in [0, 0.1) is 5.41 Å². The Morgan fingerprint density at radius 2 is 1.85 bits per heavy atom. The number of ether oxygens (including phenoxy) is 1. The van der Waals surface area contributed by atoms with Crippen LogP contribution in [0.25, 0.3) is 6.08 Å². The summed E-state index contributed by atoms with van der Waals surface area (Å²) in [7, 11) is 0. The summed E-state index contributed by atoms with van der Waals surface area (Å²) in [5.74, 6) is -0.918. The highest BCUT2D eigenvalue weighted by molar-refractivity contribution is 5.85. The van der Waals surface area contributed by atoms with E-state index >= 15 is 0 Å². The Balaban J connectivity index is 1.60. The molecule has 0 bridgehead atoms. The van der Waals surface area contributed by atoms with Gasteiger partial charge in [-0.1, -0.05) is 12.1 Å². The maximum atomic E-state index is 10.5. The fourth-order valence-corrected chi connectivity index (χ4v) is 3.03. The van der Waals surface area contributed by atoms with Crippen molar-refractivity contribution in [1.82, 2.24) is 0 Å². The van der Waals surface area contributed by atoms with E-state index in [1.54, 1.807) is 6.08 Å². The van der Waals surface area contributed by atoms with E-state index in [0.717, 1.165) is 37.9 Å². The molecular weight excluding hydrogens is 254 g/mol. The van der Waals surface area contributed by atoms with E-state index in [-0.39, 0.29) is 0 Å². The van der Waals surface area contributed by atoms with Crippen LogP contribution in [0.2, 0.25) is 0 Å². The molecule has 2 fully saturated rings. The number of nitrogens with zero attached hydrogens (tertiary/aromatic N) is 1. The number of anilines is 1. The smallest absolute Gasteiger partial charge is 0.328 e. The van der Waals surface area contributed by atoms with Crippen molar-refractivity contribution in [2.24, 2.45) is 5.41 Å². The predicted molar refractivity (Wildman–Crippen MR) is 77.8 cm³/mol. The summed E-state index contributed by atoms with van der Waals surface area (Å²) >= 11 is 0. The normalized spacial score (nSPS) is 21.1. The van der Waals surface area contributed by atoms with Gasteiger partial charge in [0.2, 0.25) is 0 Å². The monoisotopic (exact) mass is 273 g/mol. The summed E-state index contributed by atoms with van der Waals surface area (Å²) < 4.78 is 5.43. The number of hydrogen-bond donors (Lipinski definition) is 1. The van der Waals surface area contributed by atoms with Gasteiger partial charge in [0.15, 0.2) is 0 Å². The largest absolute Gasteiger partial charge is 0.478 e. The second-order valence-electron chi connectivity index (χ2n) is 5.73. The quantitative estimate of drug-likeness (QED) is 0.859. The van der Waals surface area contributed by atoms with Crippen LogP contribution in [-0.4, -0.2) is 37.4 Å². The second-order valence-corrected chi connectivity index (χ2v) is 5.73. The first-order chi connectivity index (χ1) is 9.67. The van der Waals surface area contributed by atoms with Crippen LogP contribution in [0.15, 0.2) is 30.3 Å². The van der Waals surface area contributed by atoms with Crippen molar-refractivity contribution in [2.45, 2.75) is 12.8 Å². The summed E-state index contributed by atoms with van der Waals surface area (Å²) in [5.41, 5.74) is 2.60. The number of benzene rings is 1. The van der Waals surface area contributed by atoms with Crippen molar-refractivity contribution in [3.8, 4) is 0 Å². The average molecular weight is 273 g/mol. The van der Waals surface area contributed by atoms with Crippen LogP contribution in [0.4, 0.5) is 5.69 Å². The third-order valence-electron chi connectivity index (χ3n) is 4.28. The number of carboxylic acids is 1. The Bertz CT molecular complexity index is 507. The van der Waals surface area contributed by atoms with Gasteiger partial charge in [-0.05, 0) is 36.6 Å². The van der Waals surface area contributed by atoms with Gasteiger partial charge in [0.05, 0.1) is 0 Å². The van der Waals surface area contributed by atoms with Crippen LogP contribution in [0.5, 0.6) is 0 Å². The molecule has 0 amide bonds. The van der Waals surface area contributed by atoms with Crippen LogP contribution in [0.1, 0.15) is 18.4 Å². The molecule has 1 spiro atoms. The molecule has 0 aromatic heterocycles. The molecule has 0 saturated carbocycles. The number of carbonyl (C=O) groups is 1. The third-order valence-corrected chi connectivity index (χ3v) is 4.28. The molecule has 2 aliphatic heterocycles. The van der Waals surface area contributed by atoms with Gasteiger partial charge in [-0.25, -0.2) is 4.79 Å². The van der Waals surface area contributed by atoms with E-state index in [0.29, 0.717) is 5.41 Å². The van der Waals surface area contributed by atoms with E-state index in [4.69, 9.17) is 9.84 Å². The summed E-state index contributed by atoms with van der Waals surface area (Å²) in [6.07, 6.45) is 5.11. The summed E-state index contributed by atoms with van der Waals surface area (Å²) in [6.45, 7) is 4.01. The Morgan fingerprint density at radius 3 is 2.45 bits per heavy atom. The van der Waals surface area contributed by atoms with Gasteiger partial charge >= 0.3 is 5.97 Å². The van der Waals surface area contributed by atoms with Crippen LogP contribution in [-0.2, 0) is 9.53 Å². The molecule has 2 saturated heterocycles. The van der Waals surface area contributed by atoms with E-state index in [2.05, 4.69) is 17.0 Å². The number of hydrogen-bond acceptors (Lipinski definition) is 3. The van der Waals surface area contributed by atoms with Crippen LogP contribution < -0.4 is 4.90 Å². The zero-order valence-corrected chi connectivity index (χ0v) is 11.4. The molecule has 3 rings (SSSR count).